The zero-order valence-corrected chi connectivity index (χ0v) is 18.0. The molecule has 6 heteroatoms. The lowest BCUT2D eigenvalue weighted by Crippen LogP contribution is -2.20. The maximum Gasteiger partial charge on any atom is 0.134 e. The van der Waals surface area contributed by atoms with Gasteiger partial charge in [0.2, 0.25) is 0 Å². The molecule has 1 aliphatic rings. The van der Waals surface area contributed by atoms with E-state index < -0.39 is 0 Å². The Hall–Kier alpha value is -2.82. The van der Waals surface area contributed by atoms with Crippen LogP contribution in [0.1, 0.15) is 11.1 Å². The molecule has 0 fully saturated rings. The predicted molar refractivity (Wildman–Crippen MR) is 125 cm³/mol. The summed E-state index contributed by atoms with van der Waals surface area (Å²) in [5, 5.41) is 0.664. The third-order valence-corrected chi connectivity index (χ3v) is 5.00. The molecule has 0 saturated carbocycles. The number of anilines is 1. The van der Waals surface area contributed by atoms with Crippen LogP contribution in [0.2, 0.25) is 5.02 Å². The summed E-state index contributed by atoms with van der Waals surface area (Å²) in [6.07, 6.45) is 3.93. The molecule has 0 aliphatic carbocycles. The smallest absolute Gasteiger partial charge is 0.134 e. The summed E-state index contributed by atoms with van der Waals surface area (Å²) in [5.41, 5.74) is 3.51. The quantitative estimate of drug-likeness (QED) is 0.451. The summed E-state index contributed by atoms with van der Waals surface area (Å²) >= 11 is 5.95. The van der Waals surface area contributed by atoms with Gasteiger partial charge < -0.3 is 9.64 Å². The molecule has 30 heavy (non-hydrogen) atoms. The Morgan fingerprint density at radius 1 is 1.03 bits per heavy atom. The van der Waals surface area contributed by atoms with Gasteiger partial charge in [0.25, 0.3) is 0 Å². The van der Waals surface area contributed by atoms with Gasteiger partial charge in [-0.25, -0.2) is 4.39 Å². The van der Waals surface area contributed by atoms with Crippen molar-refractivity contribution in [1.29, 1.82) is 0 Å². The summed E-state index contributed by atoms with van der Waals surface area (Å²) in [5.74, 6) is 1.20. The number of fused-ring (bicyclic) bond motifs is 1. The Morgan fingerprint density at radius 3 is 2.60 bits per heavy atom. The Morgan fingerprint density at radius 2 is 1.80 bits per heavy atom. The summed E-state index contributed by atoms with van der Waals surface area (Å²) < 4.78 is 19.8. The minimum Gasteiger partial charge on any atom is -0.457 e. The average molecular weight is 443 g/mol. The average Bonchev–Trinajstić information content (AvgIpc) is 2.88. The van der Waals surface area contributed by atoms with Crippen molar-refractivity contribution >= 4 is 41.5 Å². The standard InChI is InChI=1S/C24H20ClFN2O.ClH/c1-28-15-14-27-22(21-12-9-19(26)16-23(21)28)13-6-17-4-2-3-5-24(17)29-20-10-7-18(25)8-11-20;/h2-13,16H,14-15H2,1H3;1H/b13-6+;. The zero-order valence-electron chi connectivity index (χ0n) is 16.4. The third kappa shape index (κ3) is 5.02. The fourth-order valence-corrected chi connectivity index (χ4v) is 3.34. The van der Waals surface area contributed by atoms with E-state index in [0.717, 1.165) is 34.8 Å². The van der Waals surface area contributed by atoms with Crippen LogP contribution < -0.4 is 9.64 Å². The van der Waals surface area contributed by atoms with E-state index in [9.17, 15) is 4.39 Å². The van der Waals surface area contributed by atoms with Crippen LogP contribution in [0.5, 0.6) is 11.5 Å². The monoisotopic (exact) mass is 442 g/mol. The van der Waals surface area contributed by atoms with Crippen molar-refractivity contribution in [1.82, 2.24) is 0 Å². The first-order valence-corrected chi connectivity index (χ1v) is 9.74. The Bertz CT molecular complexity index is 1080. The molecule has 1 aliphatic heterocycles. The van der Waals surface area contributed by atoms with Gasteiger partial charge in [-0.3, -0.25) is 4.99 Å². The van der Waals surface area contributed by atoms with Crippen LogP contribution >= 0.6 is 24.0 Å². The van der Waals surface area contributed by atoms with Crippen LogP contribution in [0.3, 0.4) is 0 Å². The van der Waals surface area contributed by atoms with Gasteiger partial charge in [-0.2, -0.15) is 0 Å². The highest BCUT2D eigenvalue weighted by molar-refractivity contribution is 6.30. The summed E-state index contributed by atoms with van der Waals surface area (Å²) in [6, 6.07) is 19.9. The number of benzene rings is 3. The van der Waals surface area contributed by atoms with Crippen molar-refractivity contribution < 1.29 is 9.13 Å². The van der Waals surface area contributed by atoms with Gasteiger partial charge in [0.1, 0.15) is 17.3 Å². The number of hydrogen-bond donors (Lipinski definition) is 0. The molecule has 0 aromatic heterocycles. The number of aliphatic imine (C=N–C) groups is 1. The summed E-state index contributed by atoms with van der Waals surface area (Å²) in [4.78, 5) is 6.72. The lowest BCUT2D eigenvalue weighted by molar-refractivity contribution is 0.481. The van der Waals surface area contributed by atoms with Gasteiger partial charge in [-0.15, -0.1) is 12.4 Å². The third-order valence-electron chi connectivity index (χ3n) is 4.75. The van der Waals surface area contributed by atoms with E-state index >= 15 is 0 Å². The van der Waals surface area contributed by atoms with Gasteiger partial charge in [-0.1, -0.05) is 29.8 Å². The number of halogens is 3. The number of allylic oxidation sites excluding steroid dienone is 1. The lowest BCUT2D eigenvalue weighted by Gasteiger charge is -2.18. The van der Waals surface area contributed by atoms with Crippen LogP contribution in [0.25, 0.3) is 6.08 Å². The van der Waals surface area contributed by atoms with Gasteiger partial charge in [-0.05, 0) is 60.7 Å². The Kier molecular flexibility index (Phi) is 7.14. The van der Waals surface area contributed by atoms with Crippen molar-refractivity contribution in [2.45, 2.75) is 0 Å². The van der Waals surface area contributed by atoms with E-state index in [1.165, 1.54) is 6.07 Å². The fraction of sp³-hybridized carbons (Fsp3) is 0.125. The number of benzodiazepines with no additional fused rings is 1. The molecule has 3 aromatic rings. The molecule has 3 nitrogen and oxygen atoms in total. The molecule has 154 valence electrons. The molecule has 0 atom stereocenters. The first kappa shape index (κ1) is 21.9. The second-order valence-corrected chi connectivity index (χ2v) is 7.21. The van der Waals surface area contributed by atoms with Crippen LogP contribution in [-0.2, 0) is 0 Å². The summed E-state index contributed by atoms with van der Waals surface area (Å²) in [6.45, 7) is 1.39. The molecule has 0 spiro atoms. The van der Waals surface area contributed by atoms with Crippen molar-refractivity contribution in [3.05, 3.63) is 94.8 Å². The molecule has 3 aromatic carbocycles. The number of nitrogens with zero attached hydrogens (tertiary/aromatic N) is 2. The van der Waals surface area contributed by atoms with E-state index in [0.29, 0.717) is 17.3 Å². The van der Waals surface area contributed by atoms with E-state index in [4.69, 9.17) is 21.3 Å². The number of para-hydroxylation sites is 1. The molecule has 0 bridgehead atoms. The molecule has 0 unspecified atom stereocenters. The highest BCUT2D eigenvalue weighted by Crippen LogP contribution is 2.28. The van der Waals surface area contributed by atoms with Crippen LogP contribution in [0.4, 0.5) is 10.1 Å². The van der Waals surface area contributed by atoms with Crippen molar-refractivity contribution in [3.63, 3.8) is 0 Å². The first-order chi connectivity index (χ1) is 14.1. The van der Waals surface area contributed by atoms with Crippen molar-refractivity contribution in [2.75, 3.05) is 25.0 Å². The molecule has 0 N–H and O–H groups in total. The molecule has 4 rings (SSSR count). The number of rotatable bonds is 4. The minimum atomic E-state index is -0.248. The maximum absolute atomic E-state index is 13.8. The molecule has 0 radical (unpaired) electrons. The Balaban J connectivity index is 0.00000256. The first-order valence-electron chi connectivity index (χ1n) is 9.36. The molecule has 1 heterocycles. The van der Waals surface area contributed by atoms with Crippen molar-refractivity contribution in [2.24, 2.45) is 4.99 Å². The van der Waals surface area contributed by atoms with E-state index in [-0.39, 0.29) is 18.2 Å². The SMILES string of the molecule is CN1CCN=C(/C=C/c2ccccc2Oc2ccc(Cl)cc2)c2ccc(F)cc21.Cl. The number of ether oxygens (including phenoxy) is 1. The maximum atomic E-state index is 13.8. The number of hydrogen-bond acceptors (Lipinski definition) is 3. The summed E-state index contributed by atoms with van der Waals surface area (Å²) in [7, 11) is 1.95. The predicted octanol–water partition coefficient (Wildman–Crippen LogP) is 6.65. The molecular formula is C24H21Cl2FN2O. The minimum absolute atomic E-state index is 0. The second kappa shape index (κ2) is 9.79. The van der Waals surface area contributed by atoms with Crippen LogP contribution in [0.15, 0.2) is 77.8 Å². The topological polar surface area (TPSA) is 24.8 Å². The highest BCUT2D eigenvalue weighted by atomic mass is 35.5. The molecule has 0 saturated heterocycles. The number of likely N-dealkylation sites (N-methyl/N-ethyl adjacent to an activating group) is 1. The Labute approximate surface area is 186 Å². The molecular weight excluding hydrogens is 422 g/mol. The van der Waals surface area contributed by atoms with Gasteiger partial charge >= 0.3 is 0 Å². The zero-order chi connectivity index (χ0) is 20.2. The fourth-order valence-electron chi connectivity index (χ4n) is 3.22. The van der Waals surface area contributed by atoms with Gasteiger partial charge in [0, 0.05) is 35.4 Å². The van der Waals surface area contributed by atoms with Gasteiger partial charge in [0.05, 0.1) is 12.3 Å². The highest BCUT2D eigenvalue weighted by Gasteiger charge is 2.15. The van der Waals surface area contributed by atoms with E-state index in [1.54, 1.807) is 24.3 Å². The molecule has 0 amide bonds. The lowest BCUT2D eigenvalue weighted by atomic mass is 10.0. The van der Waals surface area contributed by atoms with Crippen LogP contribution in [-0.4, -0.2) is 25.8 Å². The van der Waals surface area contributed by atoms with E-state index in [2.05, 4.69) is 0 Å². The van der Waals surface area contributed by atoms with Crippen LogP contribution in [0, 0.1) is 5.82 Å². The second-order valence-electron chi connectivity index (χ2n) is 6.78. The van der Waals surface area contributed by atoms with Crippen molar-refractivity contribution in [3.8, 4) is 11.5 Å². The van der Waals surface area contributed by atoms with Gasteiger partial charge in [0.15, 0.2) is 0 Å². The normalized spacial score (nSPS) is 13.3. The largest absolute Gasteiger partial charge is 0.457 e. The van der Waals surface area contributed by atoms with E-state index in [1.807, 2.05) is 60.5 Å².